The van der Waals surface area contributed by atoms with Crippen molar-refractivity contribution in [3.8, 4) is 0 Å². The lowest BCUT2D eigenvalue weighted by Gasteiger charge is -2.34. The second kappa shape index (κ2) is 6.67. The van der Waals surface area contributed by atoms with Crippen molar-refractivity contribution in [2.75, 3.05) is 24.6 Å². The van der Waals surface area contributed by atoms with Crippen molar-refractivity contribution in [3.63, 3.8) is 0 Å². The summed E-state index contributed by atoms with van der Waals surface area (Å²) in [6.07, 6.45) is 5.50. The zero-order chi connectivity index (χ0) is 17.3. The van der Waals surface area contributed by atoms with E-state index in [1.54, 1.807) is 0 Å². The van der Waals surface area contributed by atoms with Gasteiger partial charge in [0.1, 0.15) is 5.52 Å². The molecule has 6 heteroatoms. The number of hydrogen-bond acceptors (Lipinski definition) is 5. The van der Waals surface area contributed by atoms with Crippen LogP contribution in [0, 0.1) is 5.92 Å². The predicted molar refractivity (Wildman–Crippen MR) is 95.4 cm³/mol. The number of carbonyl (C=O) groups excluding carboxylic acids is 1. The van der Waals surface area contributed by atoms with Gasteiger partial charge in [-0.3, -0.25) is 4.79 Å². The highest BCUT2D eigenvalue weighted by Gasteiger charge is 2.37. The molecule has 0 bridgehead atoms. The van der Waals surface area contributed by atoms with Gasteiger partial charge in [-0.25, -0.2) is 0 Å². The van der Waals surface area contributed by atoms with E-state index in [4.69, 9.17) is 4.42 Å². The number of aromatic nitrogens is 1. The first-order chi connectivity index (χ1) is 12.2. The lowest BCUT2D eigenvalue weighted by atomic mass is 9.92. The molecular weight excluding hydrogens is 318 g/mol. The number of carbonyl (C=O) groups is 1. The minimum Gasteiger partial charge on any atom is -0.423 e. The second-order valence-electron chi connectivity index (χ2n) is 7.36. The molecule has 1 aromatic carbocycles. The summed E-state index contributed by atoms with van der Waals surface area (Å²) >= 11 is 0. The lowest BCUT2D eigenvalue weighted by molar-refractivity contribution is -0.128. The molecule has 134 valence electrons. The summed E-state index contributed by atoms with van der Waals surface area (Å²) < 4.78 is 5.83. The molecule has 0 spiro atoms. The van der Waals surface area contributed by atoms with Gasteiger partial charge in [0.05, 0.1) is 12.1 Å². The molecule has 0 radical (unpaired) electrons. The van der Waals surface area contributed by atoms with E-state index in [1.807, 2.05) is 24.3 Å². The number of nitrogens with zero attached hydrogens (tertiary/aromatic N) is 2. The first-order valence-corrected chi connectivity index (χ1v) is 9.23. The van der Waals surface area contributed by atoms with Crippen LogP contribution in [0.3, 0.4) is 0 Å². The molecular formula is C19H25N3O3. The largest absolute Gasteiger partial charge is 0.423 e. The van der Waals surface area contributed by atoms with Crippen LogP contribution < -0.4 is 10.2 Å². The number of oxazole rings is 1. The Morgan fingerprint density at radius 2 is 2.00 bits per heavy atom. The first kappa shape index (κ1) is 16.4. The number of anilines is 1. The molecule has 0 unspecified atom stereocenters. The zero-order valence-electron chi connectivity index (χ0n) is 14.4. The van der Waals surface area contributed by atoms with Gasteiger partial charge in [0.15, 0.2) is 5.58 Å². The van der Waals surface area contributed by atoms with Crippen molar-refractivity contribution in [2.24, 2.45) is 5.92 Å². The summed E-state index contributed by atoms with van der Waals surface area (Å²) in [6, 6.07) is 8.39. The fraction of sp³-hybridized carbons (Fsp3) is 0.579. The van der Waals surface area contributed by atoms with Gasteiger partial charge < -0.3 is 19.7 Å². The Morgan fingerprint density at radius 3 is 2.68 bits per heavy atom. The fourth-order valence-electron chi connectivity index (χ4n) is 4.07. The minimum absolute atomic E-state index is 0.00431. The van der Waals surface area contributed by atoms with Gasteiger partial charge >= 0.3 is 0 Å². The van der Waals surface area contributed by atoms with Crippen molar-refractivity contribution in [2.45, 2.75) is 44.1 Å². The van der Waals surface area contributed by atoms with Crippen LogP contribution in [0.4, 0.5) is 6.01 Å². The number of piperidine rings is 1. The van der Waals surface area contributed by atoms with Gasteiger partial charge in [-0.15, -0.1) is 0 Å². The molecule has 2 fully saturated rings. The van der Waals surface area contributed by atoms with E-state index in [0.717, 1.165) is 62.7 Å². The second-order valence-corrected chi connectivity index (χ2v) is 7.36. The summed E-state index contributed by atoms with van der Waals surface area (Å²) in [5, 5.41) is 12.8. The van der Waals surface area contributed by atoms with Gasteiger partial charge in [-0.1, -0.05) is 25.0 Å². The van der Waals surface area contributed by atoms with E-state index in [0.29, 0.717) is 6.01 Å². The van der Waals surface area contributed by atoms with E-state index in [-0.39, 0.29) is 24.0 Å². The van der Waals surface area contributed by atoms with Crippen molar-refractivity contribution < 1.29 is 14.3 Å². The molecule has 1 amide bonds. The van der Waals surface area contributed by atoms with Crippen LogP contribution in [-0.4, -0.2) is 41.2 Å². The Hall–Kier alpha value is -2.08. The van der Waals surface area contributed by atoms with Crippen molar-refractivity contribution in [1.29, 1.82) is 0 Å². The molecule has 25 heavy (non-hydrogen) atoms. The molecule has 2 heterocycles. The van der Waals surface area contributed by atoms with Crippen LogP contribution >= 0.6 is 0 Å². The quantitative estimate of drug-likeness (QED) is 0.892. The normalized spacial score (nSPS) is 20.9. The van der Waals surface area contributed by atoms with Crippen LogP contribution in [-0.2, 0) is 4.79 Å². The molecule has 1 aliphatic heterocycles. The Balaban J connectivity index is 1.37. The Morgan fingerprint density at radius 1 is 1.28 bits per heavy atom. The van der Waals surface area contributed by atoms with Gasteiger partial charge in [-0.05, 0) is 37.8 Å². The highest BCUT2D eigenvalue weighted by atomic mass is 16.4. The molecule has 1 saturated carbocycles. The maximum Gasteiger partial charge on any atom is 0.298 e. The molecule has 2 N–H and O–H groups in total. The minimum atomic E-state index is -0.380. The van der Waals surface area contributed by atoms with Gasteiger partial charge in [0.25, 0.3) is 6.01 Å². The number of hydrogen-bond donors (Lipinski definition) is 2. The third-order valence-corrected chi connectivity index (χ3v) is 5.67. The van der Waals surface area contributed by atoms with Crippen molar-refractivity contribution in [1.82, 2.24) is 10.3 Å². The van der Waals surface area contributed by atoms with Crippen LogP contribution in [0.1, 0.15) is 38.5 Å². The van der Waals surface area contributed by atoms with E-state index in [9.17, 15) is 9.90 Å². The number of rotatable bonds is 4. The average Bonchev–Trinajstić information content (AvgIpc) is 3.29. The van der Waals surface area contributed by atoms with E-state index >= 15 is 0 Å². The summed E-state index contributed by atoms with van der Waals surface area (Å²) in [5.41, 5.74) is 1.28. The average molecular weight is 343 g/mol. The maximum atomic E-state index is 12.6. The molecule has 4 rings (SSSR count). The molecule has 1 aliphatic carbocycles. The number of benzene rings is 1. The van der Waals surface area contributed by atoms with Crippen LogP contribution in [0.2, 0.25) is 0 Å². The monoisotopic (exact) mass is 343 g/mol. The standard InChI is InChI=1S/C19H25N3O3/c23-13-19(9-3-4-10-19)21-17(24)14-7-11-22(12-8-14)18-20-15-5-1-2-6-16(15)25-18/h1-2,5-6,14,23H,3-4,7-13H2,(H,21,24). The number of amides is 1. The molecule has 1 saturated heterocycles. The Bertz CT molecular complexity index is 710. The summed E-state index contributed by atoms with van der Waals surface area (Å²) in [5.74, 6) is 0.0952. The van der Waals surface area contributed by atoms with Crippen LogP contribution in [0.5, 0.6) is 0 Å². The number of para-hydroxylation sites is 2. The van der Waals surface area contributed by atoms with Gasteiger partial charge in [-0.2, -0.15) is 4.98 Å². The number of nitrogens with one attached hydrogen (secondary N) is 1. The topological polar surface area (TPSA) is 78.6 Å². The highest BCUT2D eigenvalue weighted by molar-refractivity contribution is 5.80. The third kappa shape index (κ3) is 3.23. The molecule has 2 aromatic rings. The molecule has 2 aliphatic rings. The summed E-state index contributed by atoms with van der Waals surface area (Å²) in [4.78, 5) is 19.3. The van der Waals surface area contributed by atoms with Crippen molar-refractivity contribution in [3.05, 3.63) is 24.3 Å². The van der Waals surface area contributed by atoms with E-state index < -0.39 is 0 Å². The van der Waals surface area contributed by atoms with Crippen molar-refractivity contribution >= 4 is 23.0 Å². The lowest BCUT2D eigenvalue weighted by Crippen LogP contribution is -2.52. The smallest absolute Gasteiger partial charge is 0.298 e. The van der Waals surface area contributed by atoms with Crippen LogP contribution in [0.25, 0.3) is 11.1 Å². The molecule has 6 nitrogen and oxygen atoms in total. The zero-order valence-corrected chi connectivity index (χ0v) is 14.4. The van der Waals surface area contributed by atoms with Crippen LogP contribution in [0.15, 0.2) is 28.7 Å². The van der Waals surface area contributed by atoms with E-state index in [2.05, 4.69) is 15.2 Å². The number of fused-ring (bicyclic) bond motifs is 1. The Labute approximate surface area is 147 Å². The molecule has 0 atom stereocenters. The number of aliphatic hydroxyl groups is 1. The highest BCUT2D eigenvalue weighted by Crippen LogP contribution is 2.31. The third-order valence-electron chi connectivity index (χ3n) is 5.67. The summed E-state index contributed by atoms with van der Waals surface area (Å²) in [7, 11) is 0. The van der Waals surface area contributed by atoms with Gasteiger partial charge in [0, 0.05) is 19.0 Å². The Kier molecular flexibility index (Phi) is 4.37. The number of aliphatic hydroxyl groups excluding tert-OH is 1. The maximum absolute atomic E-state index is 12.6. The predicted octanol–water partition coefficient (Wildman–Crippen LogP) is 2.47. The fourth-order valence-corrected chi connectivity index (χ4v) is 4.07. The SMILES string of the molecule is O=C(NC1(CO)CCCC1)C1CCN(c2nc3ccccc3o2)CC1. The van der Waals surface area contributed by atoms with E-state index in [1.165, 1.54) is 0 Å². The summed E-state index contributed by atoms with van der Waals surface area (Å²) in [6.45, 7) is 1.56. The first-order valence-electron chi connectivity index (χ1n) is 9.23. The van der Waals surface area contributed by atoms with Gasteiger partial charge in [0.2, 0.25) is 5.91 Å². The molecule has 1 aromatic heterocycles.